The first-order chi connectivity index (χ1) is 12.1. The largest absolute Gasteiger partial charge is 0.352 e. The van der Waals surface area contributed by atoms with Gasteiger partial charge in [-0.15, -0.1) is 0 Å². The van der Waals surface area contributed by atoms with Crippen molar-refractivity contribution in [2.75, 3.05) is 32.7 Å². The molecule has 1 unspecified atom stereocenters. The number of nitrogens with zero attached hydrogens (tertiary/aromatic N) is 4. The molecule has 0 radical (unpaired) electrons. The number of aromatic nitrogens is 2. The second-order valence-corrected chi connectivity index (χ2v) is 7.64. The Kier molecular flexibility index (Phi) is 6.48. The van der Waals surface area contributed by atoms with Gasteiger partial charge in [0.25, 0.3) is 0 Å². The lowest BCUT2D eigenvalue weighted by Gasteiger charge is -2.36. The molecule has 6 heteroatoms. The highest BCUT2D eigenvalue weighted by molar-refractivity contribution is 5.78. The summed E-state index contributed by atoms with van der Waals surface area (Å²) in [5.74, 6) is 0.193. The summed E-state index contributed by atoms with van der Waals surface area (Å²) in [5, 5.41) is 7.69. The van der Waals surface area contributed by atoms with E-state index in [0.29, 0.717) is 18.6 Å². The predicted octanol–water partition coefficient (Wildman–Crippen LogP) is 1.65. The van der Waals surface area contributed by atoms with Crippen molar-refractivity contribution in [2.45, 2.75) is 64.6 Å². The first kappa shape index (κ1) is 18.4. The first-order valence-corrected chi connectivity index (χ1v) is 9.89. The van der Waals surface area contributed by atoms with Crippen LogP contribution >= 0.6 is 0 Å². The Morgan fingerprint density at radius 2 is 2.04 bits per heavy atom. The van der Waals surface area contributed by atoms with Crippen molar-refractivity contribution in [3.05, 3.63) is 18.0 Å². The SMILES string of the molecule is CCN1CCC(NC(=O)CN2CCCCC2Cn2cc(C)cn2)CC1. The van der Waals surface area contributed by atoms with Crippen LogP contribution in [0.2, 0.25) is 0 Å². The Hall–Kier alpha value is -1.40. The van der Waals surface area contributed by atoms with Gasteiger partial charge in [0.1, 0.15) is 0 Å². The fraction of sp³-hybridized carbons (Fsp3) is 0.789. The van der Waals surface area contributed by atoms with Gasteiger partial charge in [0.05, 0.1) is 19.3 Å². The lowest BCUT2D eigenvalue weighted by Crippen LogP contribution is -2.50. The third-order valence-electron chi connectivity index (χ3n) is 5.66. The summed E-state index contributed by atoms with van der Waals surface area (Å²) in [4.78, 5) is 17.4. The molecule has 2 aliphatic rings. The standard InChI is InChI=1S/C19H33N5O/c1-3-22-10-7-17(8-11-22)21-19(25)15-23-9-5-4-6-18(23)14-24-13-16(2)12-20-24/h12-13,17-18H,3-11,14-15H2,1-2H3,(H,21,25). The molecule has 1 atom stereocenters. The van der Waals surface area contributed by atoms with Gasteiger partial charge in [0.15, 0.2) is 0 Å². The lowest BCUT2D eigenvalue weighted by molar-refractivity contribution is -0.124. The van der Waals surface area contributed by atoms with Crippen LogP contribution in [0.25, 0.3) is 0 Å². The number of rotatable bonds is 6. The highest BCUT2D eigenvalue weighted by atomic mass is 16.2. The van der Waals surface area contributed by atoms with E-state index in [1.165, 1.54) is 18.4 Å². The number of nitrogens with one attached hydrogen (secondary N) is 1. The molecule has 2 saturated heterocycles. The molecule has 1 amide bonds. The number of amides is 1. The quantitative estimate of drug-likeness (QED) is 0.850. The van der Waals surface area contributed by atoms with Crippen LogP contribution < -0.4 is 5.32 Å². The van der Waals surface area contributed by atoms with Gasteiger partial charge in [-0.3, -0.25) is 14.4 Å². The van der Waals surface area contributed by atoms with E-state index in [9.17, 15) is 4.79 Å². The summed E-state index contributed by atoms with van der Waals surface area (Å²) < 4.78 is 2.02. The van der Waals surface area contributed by atoms with E-state index >= 15 is 0 Å². The average molecular weight is 348 g/mol. The maximum Gasteiger partial charge on any atom is 0.234 e. The van der Waals surface area contributed by atoms with Gasteiger partial charge < -0.3 is 10.2 Å². The van der Waals surface area contributed by atoms with Gasteiger partial charge in [-0.2, -0.15) is 5.10 Å². The van der Waals surface area contributed by atoms with Gasteiger partial charge in [-0.25, -0.2) is 0 Å². The summed E-state index contributed by atoms with van der Waals surface area (Å²) in [6, 6.07) is 0.771. The molecule has 25 heavy (non-hydrogen) atoms. The molecule has 1 N–H and O–H groups in total. The molecular formula is C19H33N5O. The Balaban J connectivity index is 1.48. The zero-order valence-electron chi connectivity index (χ0n) is 15.8. The van der Waals surface area contributed by atoms with Gasteiger partial charge in [-0.05, 0) is 51.3 Å². The molecule has 0 aliphatic carbocycles. The Bertz CT molecular complexity index is 550. The number of hydrogen-bond acceptors (Lipinski definition) is 4. The maximum absolute atomic E-state index is 12.5. The van der Waals surface area contributed by atoms with Gasteiger partial charge in [-0.1, -0.05) is 13.3 Å². The van der Waals surface area contributed by atoms with Crippen LogP contribution in [-0.2, 0) is 11.3 Å². The molecule has 140 valence electrons. The maximum atomic E-state index is 12.5. The summed E-state index contributed by atoms with van der Waals surface area (Å²) in [5.41, 5.74) is 1.19. The van der Waals surface area contributed by atoms with Crippen molar-refractivity contribution in [3.63, 3.8) is 0 Å². The zero-order valence-corrected chi connectivity index (χ0v) is 15.8. The molecule has 0 aromatic carbocycles. The molecule has 3 heterocycles. The van der Waals surface area contributed by atoms with Gasteiger partial charge in [0.2, 0.25) is 5.91 Å². The average Bonchev–Trinajstić information content (AvgIpc) is 3.02. The molecule has 3 rings (SSSR count). The molecular weight excluding hydrogens is 314 g/mol. The Morgan fingerprint density at radius 3 is 2.72 bits per heavy atom. The van der Waals surface area contributed by atoms with E-state index in [0.717, 1.165) is 52.0 Å². The number of piperidine rings is 2. The number of carbonyl (C=O) groups is 1. The van der Waals surface area contributed by atoms with Crippen LogP contribution in [0.5, 0.6) is 0 Å². The van der Waals surface area contributed by atoms with E-state index in [2.05, 4.69) is 40.3 Å². The monoisotopic (exact) mass is 347 g/mol. The summed E-state index contributed by atoms with van der Waals surface area (Å²) in [6.07, 6.45) is 9.75. The second-order valence-electron chi connectivity index (χ2n) is 7.64. The van der Waals surface area contributed by atoms with E-state index in [4.69, 9.17) is 0 Å². The molecule has 6 nitrogen and oxygen atoms in total. The van der Waals surface area contributed by atoms with Crippen molar-refractivity contribution in [3.8, 4) is 0 Å². The van der Waals surface area contributed by atoms with Crippen LogP contribution in [0.15, 0.2) is 12.4 Å². The second kappa shape index (κ2) is 8.81. The van der Waals surface area contributed by atoms with Crippen LogP contribution in [0.4, 0.5) is 0 Å². The Morgan fingerprint density at radius 1 is 1.24 bits per heavy atom. The fourth-order valence-corrected chi connectivity index (χ4v) is 4.11. The van der Waals surface area contributed by atoms with Crippen LogP contribution in [0.1, 0.15) is 44.6 Å². The molecule has 2 aliphatic heterocycles. The van der Waals surface area contributed by atoms with E-state index in [1.54, 1.807) is 0 Å². The van der Waals surface area contributed by atoms with Crippen molar-refractivity contribution < 1.29 is 4.79 Å². The van der Waals surface area contributed by atoms with Crippen molar-refractivity contribution in [1.29, 1.82) is 0 Å². The summed E-state index contributed by atoms with van der Waals surface area (Å²) in [7, 11) is 0. The summed E-state index contributed by atoms with van der Waals surface area (Å²) in [6.45, 7) is 10.0. The summed E-state index contributed by atoms with van der Waals surface area (Å²) >= 11 is 0. The molecule has 0 bridgehead atoms. The van der Waals surface area contributed by atoms with Crippen molar-refractivity contribution in [1.82, 2.24) is 24.9 Å². The van der Waals surface area contributed by atoms with Crippen LogP contribution in [0, 0.1) is 6.92 Å². The zero-order chi connectivity index (χ0) is 17.6. The molecule has 0 spiro atoms. The first-order valence-electron chi connectivity index (χ1n) is 9.89. The Labute approximate surface area is 151 Å². The van der Waals surface area contributed by atoms with E-state index in [-0.39, 0.29) is 5.91 Å². The third-order valence-corrected chi connectivity index (χ3v) is 5.66. The molecule has 1 aromatic rings. The van der Waals surface area contributed by atoms with Crippen LogP contribution in [0.3, 0.4) is 0 Å². The van der Waals surface area contributed by atoms with Crippen molar-refractivity contribution >= 4 is 5.91 Å². The van der Waals surface area contributed by atoms with Crippen molar-refractivity contribution in [2.24, 2.45) is 0 Å². The van der Waals surface area contributed by atoms with Crippen LogP contribution in [-0.4, -0.2) is 70.3 Å². The van der Waals surface area contributed by atoms with E-state index < -0.39 is 0 Å². The molecule has 0 saturated carbocycles. The fourth-order valence-electron chi connectivity index (χ4n) is 4.11. The smallest absolute Gasteiger partial charge is 0.234 e. The van der Waals surface area contributed by atoms with Gasteiger partial charge in [0, 0.05) is 31.4 Å². The minimum atomic E-state index is 0.193. The third kappa shape index (κ3) is 5.28. The topological polar surface area (TPSA) is 53.4 Å². The molecule has 2 fully saturated rings. The van der Waals surface area contributed by atoms with E-state index in [1.807, 2.05) is 10.9 Å². The minimum Gasteiger partial charge on any atom is -0.352 e. The number of likely N-dealkylation sites (tertiary alicyclic amines) is 2. The number of aryl methyl sites for hydroxylation is 1. The predicted molar refractivity (Wildman–Crippen MR) is 99.5 cm³/mol. The minimum absolute atomic E-state index is 0.193. The molecule has 1 aromatic heterocycles. The lowest BCUT2D eigenvalue weighted by atomic mass is 10.0. The highest BCUT2D eigenvalue weighted by Crippen LogP contribution is 2.18. The highest BCUT2D eigenvalue weighted by Gasteiger charge is 2.26. The van der Waals surface area contributed by atoms with Gasteiger partial charge >= 0.3 is 0 Å². The number of hydrogen-bond donors (Lipinski definition) is 1. The normalized spacial score (nSPS) is 23.7. The number of carbonyl (C=O) groups excluding carboxylic acids is 1.